The zero-order valence-corrected chi connectivity index (χ0v) is 12.2. The fourth-order valence-corrected chi connectivity index (χ4v) is 1.92. The molecule has 0 N–H and O–H groups in total. The van der Waals surface area contributed by atoms with Crippen LogP contribution in [0.2, 0.25) is 0 Å². The Kier molecular flexibility index (Phi) is 4.38. The summed E-state index contributed by atoms with van der Waals surface area (Å²) in [5, 5.41) is 0. The molecule has 2 aromatic rings. The third-order valence-corrected chi connectivity index (χ3v) is 3.02. The molecule has 2 rings (SSSR count). The lowest BCUT2D eigenvalue weighted by molar-refractivity contribution is 0.0732. The van der Waals surface area contributed by atoms with Gasteiger partial charge in [-0.3, -0.25) is 4.79 Å². The molecule has 108 valence electrons. The molecule has 0 bridgehead atoms. The Morgan fingerprint density at radius 1 is 1.05 bits per heavy atom. The predicted molar refractivity (Wildman–Crippen MR) is 79.1 cm³/mol. The summed E-state index contributed by atoms with van der Waals surface area (Å²) in [6.45, 7) is 3.32. The lowest BCUT2D eigenvalue weighted by Gasteiger charge is -2.09. The second kappa shape index (κ2) is 6.22. The summed E-state index contributed by atoms with van der Waals surface area (Å²) in [6.07, 6.45) is 0. The van der Waals surface area contributed by atoms with Crippen LogP contribution in [-0.4, -0.2) is 18.9 Å². The van der Waals surface area contributed by atoms with Gasteiger partial charge >= 0.3 is 5.97 Å². The number of ether oxygens (including phenoxy) is 2. The average Bonchev–Trinajstić information content (AvgIpc) is 2.48. The van der Waals surface area contributed by atoms with E-state index >= 15 is 0 Å². The molecule has 0 spiro atoms. The second-order valence-electron chi connectivity index (χ2n) is 4.68. The van der Waals surface area contributed by atoms with Gasteiger partial charge in [0.2, 0.25) is 0 Å². The van der Waals surface area contributed by atoms with Crippen molar-refractivity contribution in [1.82, 2.24) is 0 Å². The first kappa shape index (κ1) is 14.8. The van der Waals surface area contributed by atoms with Crippen LogP contribution < -0.4 is 9.47 Å². The largest absolute Gasteiger partial charge is 0.497 e. The zero-order valence-electron chi connectivity index (χ0n) is 12.2. The number of ketones is 1. The number of Topliss-reactive ketones (excluding diaryl/α,β-unsaturated/α-hetero) is 1. The van der Waals surface area contributed by atoms with Gasteiger partial charge in [0.05, 0.1) is 18.2 Å². The van der Waals surface area contributed by atoms with Crippen LogP contribution in [-0.2, 0) is 0 Å². The number of esters is 1. The number of carbonyl (C=O) groups is 2. The monoisotopic (exact) mass is 284 g/mol. The van der Waals surface area contributed by atoms with Gasteiger partial charge in [0.1, 0.15) is 11.5 Å². The third-order valence-electron chi connectivity index (χ3n) is 3.02. The van der Waals surface area contributed by atoms with E-state index in [2.05, 4.69) is 0 Å². The van der Waals surface area contributed by atoms with Crippen molar-refractivity contribution < 1.29 is 19.1 Å². The number of carbonyl (C=O) groups excluding carboxylic acids is 2. The topological polar surface area (TPSA) is 52.6 Å². The maximum atomic E-state index is 12.2. The summed E-state index contributed by atoms with van der Waals surface area (Å²) in [5.74, 6) is 0.161. The van der Waals surface area contributed by atoms with E-state index in [-0.39, 0.29) is 11.5 Å². The van der Waals surface area contributed by atoms with Crippen LogP contribution in [0.1, 0.15) is 33.2 Å². The highest BCUT2D eigenvalue weighted by Gasteiger charge is 2.14. The molecule has 0 aromatic heterocycles. The quantitative estimate of drug-likeness (QED) is 0.490. The number of rotatable bonds is 4. The van der Waals surface area contributed by atoms with Crippen LogP contribution in [0.3, 0.4) is 0 Å². The number of hydrogen-bond donors (Lipinski definition) is 0. The van der Waals surface area contributed by atoms with Gasteiger partial charge < -0.3 is 9.47 Å². The molecule has 0 aliphatic carbocycles. The normalized spacial score (nSPS) is 10.0. The molecular weight excluding hydrogens is 268 g/mol. The molecule has 0 fully saturated rings. The van der Waals surface area contributed by atoms with Crippen molar-refractivity contribution in [2.45, 2.75) is 13.8 Å². The highest BCUT2D eigenvalue weighted by atomic mass is 16.5. The molecular formula is C17H16O4. The van der Waals surface area contributed by atoms with Crippen molar-refractivity contribution >= 4 is 11.8 Å². The molecule has 0 saturated carbocycles. The van der Waals surface area contributed by atoms with Gasteiger partial charge in [0, 0.05) is 0 Å². The second-order valence-corrected chi connectivity index (χ2v) is 4.68. The minimum Gasteiger partial charge on any atom is -0.497 e. The van der Waals surface area contributed by atoms with Crippen LogP contribution in [0.5, 0.6) is 11.5 Å². The van der Waals surface area contributed by atoms with Crippen molar-refractivity contribution in [2.75, 3.05) is 7.11 Å². The minimum atomic E-state index is -0.528. The molecule has 4 nitrogen and oxygen atoms in total. The van der Waals surface area contributed by atoms with Gasteiger partial charge in [-0.15, -0.1) is 0 Å². The highest BCUT2D eigenvalue weighted by molar-refractivity contribution is 5.99. The molecule has 0 unspecified atom stereocenters. The Morgan fingerprint density at radius 3 is 2.48 bits per heavy atom. The first-order valence-electron chi connectivity index (χ1n) is 6.49. The average molecular weight is 284 g/mol. The van der Waals surface area contributed by atoms with Crippen molar-refractivity contribution in [3.63, 3.8) is 0 Å². The van der Waals surface area contributed by atoms with Crippen LogP contribution in [0.25, 0.3) is 0 Å². The Bertz CT molecular complexity index is 689. The fourth-order valence-electron chi connectivity index (χ4n) is 1.92. The van der Waals surface area contributed by atoms with Crippen LogP contribution in [0.4, 0.5) is 0 Å². The molecule has 0 aliphatic heterocycles. The van der Waals surface area contributed by atoms with Crippen molar-refractivity contribution in [2.24, 2.45) is 0 Å². The van der Waals surface area contributed by atoms with E-state index in [9.17, 15) is 9.59 Å². The first-order valence-corrected chi connectivity index (χ1v) is 6.49. The highest BCUT2D eigenvalue weighted by Crippen LogP contribution is 2.22. The summed E-state index contributed by atoms with van der Waals surface area (Å²) in [4.78, 5) is 23.8. The summed E-state index contributed by atoms with van der Waals surface area (Å²) >= 11 is 0. The number of aryl methyl sites for hydroxylation is 1. The standard InChI is InChI=1S/C17H16O4/c1-11-7-8-16(15(9-11)12(2)18)21-17(19)13-5-4-6-14(10-13)20-3/h4-10H,1-3H3. The number of benzene rings is 2. The first-order chi connectivity index (χ1) is 10.0. The zero-order chi connectivity index (χ0) is 15.4. The fraction of sp³-hybridized carbons (Fsp3) is 0.176. The van der Waals surface area contributed by atoms with Gasteiger partial charge in [0.25, 0.3) is 0 Å². The van der Waals surface area contributed by atoms with Gasteiger partial charge in [-0.2, -0.15) is 0 Å². The van der Waals surface area contributed by atoms with E-state index in [1.54, 1.807) is 42.5 Å². The predicted octanol–water partition coefficient (Wildman–Crippen LogP) is 3.43. The lowest BCUT2D eigenvalue weighted by atomic mass is 10.1. The van der Waals surface area contributed by atoms with E-state index in [1.165, 1.54) is 14.0 Å². The molecule has 0 atom stereocenters. The minimum absolute atomic E-state index is 0.146. The Hall–Kier alpha value is -2.62. The smallest absolute Gasteiger partial charge is 0.343 e. The van der Waals surface area contributed by atoms with Crippen LogP contribution >= 0.6 is 0 Å². The maximum Gasteiger partial charge on any atom is 0.343 e. The molecule has 0 heterocycles. The molecule has 0 saturated heterocycles. The van der Waals surface area contributed by atoms with Gasteiger partial charge in [-0.25, -0.2) is 4.79 Å². The van der Waals surface area contributed by atoms with E-state index < -0.39 is 5.97 Å². The summed E-state index contributed by atoms with van der Waals surface area (Å²) in [7, 11) is 1.53. The van der Waals surface area contributed by atoms with Gasteiger partial charge in [0.15, 0.2) is 5.78 Å². The van der Waals surface area contributed by atoms with E-state index in [4.69, 9.17) is 9.47 Å². The molecule has 4 heteroatoms. The maximum absolute atomic E-state index is 12.2. The van der Waals surface area contributed by atoms with E-state index in [1.807, 2.05) is 6.92 Å². The summed E-state index contributed by atoms with van der Waals surface area (Å²) in [5.41, 5.74) is 1.69. The molecule has 0 radical (unpaired) electrons. The molecule has 21 heavy (non-hydrogen) atoms. The SMILES string of the molecule is COc1cccc(C(=O)Oc2ccc(C)cc2C(C)=O)c1. The number of methoxy groups -OCH3 is 1. The van der Waals surface area contributed by atoms with Crippen molar-refractivity contribution in [3.05, 3.63) is 59.2 Å². The van der Waals surface area contributed by atoms with Crippen LogP contribution in [0, 0.1) is 6.92 Å². The number of hydrogen-bond acceptors (Lipinski definition) is 4. The Balaban J connectivity index is 2.29. The van der Waals surface area contributed by atoms with E-state index in [0.29, 0.717) is 16.9 Å². The van der Waals surface area contributed by atoms with E-state index in [0.717, 1.165) is 5.56 Å². The van der Waals surface area contributed by atoms with Gasteiger partial charge in [-0.05, 0) is 44.2 Å². The summed E-state index contributed by atoms with van der Waals surface area (Å²) in [6, 6.07) is 11.8. The van der Waals surface area contributed by atoms with Gasteiger partial charge in [-0.1, -0.05) is 17.7 Å². The van der Waals surface area contributed by atoms with Crippen molar-refractivity contribution in [1.29, 1.82) is 0 Å². The Morgan fingerprint density at radius 2 is 1.81 bits per heavy atom. The molecule has 2 aromatic carbocycles. The third kappa shape index (κ3) is 3.48. The molecule has 0 aliphatic rings. The molecule has 0 amide bonds. The lowest BCUT2D eigenvalue weighted by Crippen LogP contribution is -2.11. The summed E-state index contributed by atoms with van der Waals surface area (Å²) < 4.78 is 10.4. The van der Waals surface area contributed by atoms with Crippen molar-refractivity contribution in [3.8, 4) is 11.5 Å². The van der Waals surface area contributed by atoms with Crippen LogP contribution in [0.15, 0.2) is 42.5 Å². The Labute approximate surface area is 123 Å².